The summed E-state index contributed by atoms with van der Waals surface area (Å²) in [6.07, 6.45) is 11.6. The van der Waals surface area contributed by atoms with Crippen molar-refractivity contribution < 1.29 is 13.9 Å². The number of carbonyl (C=O) groups excluding carboxylic acids is 1. The molecule has 194 valence electrons. The van der Waals surface area contributed by atoms with E-state index in [0.29, 0.717) is 23.0 Å². The number of carbonyl (C=O) groups is 1. The van der Waals surface area contributed by atoms with E-state index in [0.717, 1.165) is 28.4 Å². The first-order valence-electron chi connectivity index (χ1n) is 13.0. The van der Waals surface area contributed by atoms with Crippen molar-refractivity contribution in [2.45, 2.75) is 68.5 Å². The second-order valence-corrected chi connectivity index (χ2v) is 9.86. The number of hydrogen-bond acceptors (Lipinski definition) is 6. The predicted molar refractivity (Wildman–Crippen MR) is 149 cm³/mol. The van der Waals surface area contributed by atoms with E-state index < -0.39 is 0 Å². The number of H-pyrrole nitrogens is 1. The number of nitrogens with zero attached hydrogens (tertiary/aromatic N) is 2. The van der Waals surface area contributed by atoms with Crippen LogP contribution in [0.2, 0.25) is 0 Å². The fraction of sp³-hybridized carbons (Fsp3) is 0.345. The highest BCUT2D eigenvalue weighted by Crippen LogP contribution is 2.28. The summed E-state index contributed by atoms with van der Waals surface area (Å²) in [5, 5.41) is 5.44. The molecule has 0 saturated heterocycles. The van der Waals surface area contributed by atoms with Gasteiger partial charge in [-0.05, 0) is 66.7 Å². The Morgan fingerprint density at radius 1 is 1.00 bits per heavy atom. The Morgan fingerprint density at radius 3 is 2.54 bits per heavy atom. The summed E-state index contributed by atoms with van der Waals surface area (Å²) >= 11 is 1.39. The van der Waals surface area contributed by atoms with E-state index in [4.69, 9.17) is 9.15 Å². The lowest BCUT2D eigenvalue weighted by atomic mass is 10.1. The van der Waals surface area contributed by atoms with Gasteiger partial charge in [-0.2, -0.15) is 5.10 Å². The number of ether oxygens (including phenoxy) is 1. The maximum atomic E-state index is 12.4. The summed E-state index contributed by atoms with van der Waals surface area (Å²) in [5.41, 5.74) is 4.93. The predicted octanol–water partition coefficient (Wildman–Crippen LogP) is 7.59. The molecule has 0 saturated carbocycles. The van der Waals surface area contributed by atoms with Crippen molar-refractivity contribution >= 4 is 34.9 Å². The van der Waals surface area contributed by atoms with Gasteiger partial charge in [0, 0.05) is 5.56 Å². The van der Waals surface area contributed by atoms with Crippen molar-refractivity contribution in [3.63, 3.8) is 0 Å². The average Bonchev–Trinajstić information content (AvgIpc) is 3.54. The molecule has 0 radical (unpaired) electrons. The first-order valence-corrected chi connectivity index (χ1v) is 13.8. The van der Waals surface area contributed by atoms with Gasteiger partial charge in [0.25, 0.3) is 5.91 Å². The second-order valence-electron chi connectivity index (χ2n) is 8.86. The summed E-state index contributed by atoms with van der Waals surface area (Å²) in [6, 6.07) is 18.6. The fourth-order valence-electron chi connectivity index (χ4n) is 3.88. The number of hydrogen-bond donors (Lipinski definition) is 2. The van der Waals surface area contributed by atoms with E-state index >= 15 is 0 Å². The Bertz CT molecular complexity index is 1250. The SMILES string of the molecule is CCCCCCCCCCOc1ccc(C(=O)N/N=C/c2ccc(Sc3nc4ccccc4[nH]3)o2)cc1. The summed E-state index contributed by atoms with van der Waals surface area (Å²) in [5.74, 6) is 1.01. The van der Waals surface area contributed by atoms with Crippen LogP contribution in [0, 0.1) is 0 Å². The van der Waals surface area contributed by atoms with Crippen LogP contribution in [0.4, 0.5) is 0 Å². The van der Waals surface area contributed by atoms with Gasteiger partial charge in [0.1, 0.15) is 11.5 Å². The maximum absolute atomic E-state index is 12.4. The van der Waals surface area contributed by atoms with Gasteiger partial charge in [0.15, 0.2) is 10.2 Å². The van der Waals surface area contributed by atoms with Crippen LogP contribution >= 0.6 is 11.8 Å². The minimum Gasteiger partial charge on any atom is -0.494 e. The van der Waals surface area contributed by atoms with Crippen LogP contribution in [0.15, 0.2) is 80.4 Å². The molecule has 0 atom stereocenters. The molecule has 7 nitrogen and oxygen atoms in total. The van der Waals surface area contributed by atoms with E-state index in [9.17, 15) is 4.79 Å². The third-order valence-corrected chi connectivity index (χ3v) is 6.72. The zero-order chi connectivity index (χ0) is 25.7. The van der Waals surface area contributed by atoms with Gasteiger partial charge in [-0.15, -0.1) is 0 Å². The molecule has 2 aromatic carbocycles. The van der Waals surface area contributed by atoms with E-state index in [1.807, 2.05) is 42.5 Å². The zero-order valence-corrected chi connectivity index (χ0v) is 22.1. The third kappa shape index (κ3) is 8.53. The van der Waals surface area contributed by atoms with Crippen LogP contribution in [0.25, 0.3) is 11.0 Å². The number of amides is 1. The van der Waals surface area contributed by atoms with Crippen LogP contribution in [0.1, 0.15) is 74.4 Å². The molecule has 8 heteroatoms. The van der Waals surface area contributed by atoms with Crippen molar-refractivity contribution in [1.29, 1.82) is 0 Å². The number of benzene rings is 2. The summed E-state index contributed by atoms with van der Waals surface area (Å²) < 4.78 is 11.6. The molecule has 0 spiro atoms. The summed E-state index contributed by atoms with van der Waals surface area (Å²) in [4.78, 5) is 20.2. The molecule has 2 aromatic heterocycles. The monoisotopic (exact) mass is 518 g/mol. The van der Waals surface area contributed by atoms with E-state index in [1.165, 1.54) is 62.9 Å². The first-order chi connectivity index (χ1) is 18.2. The van der Waals surface area contributed by atoms with Gasteiger partial charge in [0.05, 0.1) is 23.9 Å². The first kappa shape index (κ1) is 26.5. The van der Waals surface area contributed by atoms with E-state index in [1.54, 1.807) is 18.2 Å². The molecular weight excluding hydrogens is 484 g/mol. The Labute approximate surface area is 222 Å². The molecule has 4 rings (SSSR count). The molecule has 0 fully saturated rings. The van der Waals surface area contributed by atoms with Crippen LogP contribution in [-0.4, -0.2) is 28.7 Å². The number of imidazole rings is 1. The molecule has 0 aliphatic rings. The standard InChI is InChI=1S/C29H34N4O3S/c1-2-3-4-5-6-7-8-11-20-35-23-16-14-22(15-17-23)28(34)33-30-21-24-18-19-27(36-24)37-29-31-25-12-9-10-13-26(25)32-29/h9-10,12-19,21H,2-8,11,20H2,1H3,(H,31,32)(H,33,34)/b30-21+. The third-order valence-electron chi connectivity index (χ3n) is 5.91. The maximum Gasteiger partial charge on any atom is 0.271 e. The molecule has 2 N–H and O–H groups in total. The van der Waals surface area contributed by atoms with Gasteiger partial charge in [-0.3, -0.25) is 4.79 Å². The number of rotatable bonds is 15. The quantitative estimate of drug-likeness (QED) is 0.0961. The Morgan fingerprint density at radius 2 is 1.76 bits per heavy atom. The van der Waals surface area contributed by atoms with Gasteiger partial charge in [-0.25, -0.2) is 10.4 Å². The number of aromatic amines is 1. The fourth-order valence-corrected chi connectivity index (χ4v) is 4.65. The Kier molecular flexibility index (Phi) is 10.2. The van der Waals surface area contributed by atoms with Crippen LogP contribution in [-0.2, 0) is 0 Å². The lowest BCUT2D eigenvalue weighted by Gasteiger charge is -2.07. The highest BCUT2D eigenvalue weighted by molar-refractivity contribution is 7.99. The van der Waals surface area contributed by atoms with Crippen LogP contribution < -0.4 is 10.2 Å². The molecule has 0 bridgehead atoms. The zero-order valence-electron chi connectivity index (χ0n) is 21.2. The number of furan rings is 1. The molecule has 4 aromatic rings. The Hall–Kier alpha value is -3.52. The van der Waals surface area contributed by atoms with Crippen molar-refractivity contribution in [2.75, 3.05) is 6.61 Å². The Balaban J connectivity index is 1.15. The van der Waals surface area contributed by atoms with Crippen LogP contribution in [0.5, 0.6) is 5.75 Å². The largest absolute Gasteiger partial charge is 0.494 e. The van der Waals surface area contributed by atoms with Gasteiger partial charge >= 0.3 is 0 Å². The molecular formula is C29H34N4O3S. The number of fused-ring (bicyclic) bond motifs is 1. The normalized spacial score (nSPS) is 11.4. The topological polar surface area (TPSA) is 92.5 Å². The second kappa shape index (κ2) is 14.3. The van der Waals surface area contributed by atoms with Crippen LogP contribution in [0.3, 0.4) is 0 Å². The number of hydrazone groups is 1. The number of aromatic nitrogens is 2. The number of nitrogens with one attached hydrogen (secondary N) is 2. The highest BCUT2D eigenvalue weighted by Gasteiger charge is 2.08. The highest BCUT2D eigenvalue weighted by atomic mass is 32.2. The minimum atomic E-state index is -0.297. The van der Waals surface area contributed by atoms with Crippen molar-refractivity contribution in [3.8, 4) is 5.75 Å². The lowest BCUT2D eigenvalue weighted by Crippen LogP contribution is -2.17. The molecule has 2 heterocycles. The summed E-state index contributed by atoms with van der Waals surface area (Å²) in [7, 11) is 0. The average molecular weight is 519 g/mol. The molecule has 0 unspecified atom stereocenters. The van der Waals surface area contributed by atoms with Crippen molar-refractivity contribution in [1.82, 2.24) is 15.4 Å². The van der Waals surface area contributed by atoms with Gasteiger partial charge in [0.2, 0.25) is 0 Å². The number of unbranched alkanes of at least 4 members (excludes halogenated alkanes) is 7. The van der Waals surface area contributed by atoms with Crippen molar-refractivity contribution in [2.24, 2.45) is 5.10 Å². The van der Waals surface area contributed by atoms with E-state index in [2.05, 4.69) is 27.4 Å². The minimum absolute atomic E-state index is 0.297. The van der Waals surface area contributed by atoms with Gasteiger partial charge in [-0.1, -0.05) is 64.0 Å². The van der Waals surface area contributed by atoms with Crippen molar-refractivity contribution in [3.05, 3.63) is 72.0 Å². The molecule has 37 heavy (non-hydrogen) atoms. The van der Waals surface area contributed by atoms with Gasteiger partial charge < -0.3 is 14.1 Å². The molecule has 0 aliphatic carbocycles. The van der Waals surface area contributed by atoms with E-state index in [-0.39, 0.29) is 5.91 Å². The lowest BCUT2D eigenvalue weighted by molar-refractivity contribution is 0.0955. The number of para-hydroxylation sites is 2. The molecule has 1 amide bonds. The summed E-state index contributed by atoms with van der Waals surface area (Å²) in [6.45, 7) is 2.94. The smallest absolute Gasteiger partial charge is 0.271 e. The molecule has 0 aliphatic heterocycles.